The van der Waals surface area contributed by atoms with Crippen LogP contribution >= 0.6 is 0 Å². The average molecular weight is 290 g/mol. The first-order valence-electron chi connectivity index (χ1n) is 6.18. The van der Waals surface area contributed by atoms with E-state index in [0.717, 1.165) is 7.11 Å². The molecule has 0 aliphatic rings. The van der Waals surface area contributed by atoms with E-state index in [1.165, 1.54) is 18.7 Å². The molecule has 3 N–H and O–H groups in total. The Labute approximate surface area is 117 Å². The largest absolute Gasteiger partial charge is 0.480 e. The van der Waals surface area contributed by atoms with Crippen molar-refractivity contribution in [1.82, 2.24) is 10.2 Å². The fourth-order valence-corrected chi connectivity index (χ4v) is 1.48. The summed E-state index contributed by atoms with van der Waals surface area (Å²) < 4.78 is 4.37. The number of aliphatic hydroxyl groups is 1. The summed E-state index contributed by atoms with van der Waals surface area (Å²) in [6.07, 6.45) is -0.461. The van der Waals surface area contributed by atoms with Crippen molar-refractivity contribution in [2.45, 2.75) is 38.8 Å². The number of hydrogen-bond acceptors (Lipinski definition) is 5. The van der Waals surface area contributed by atoms with Gasteiger partial charge in [-0.15, -0.1) is 0 Å². The van der Waals surface area contributed by atoms with Crippen LogP contribution in [0.3, 0.4) is 0 Å². The van der Waals surface area contributed by atoms with Crippen LogP contribution in [0, 0.1) is 0 Å². The average Bonchev–Trinajstić information content (AvgIpc) is 2.33. The van der Waals surface area contributed by atoms with Crippen molar-refractivity contribution in [2.75, 3.05) is 20.2 Å². The quantitative estimate of drug-likeness (QED) is 0.559. The molecule has 8 heteroatoms. The molecular weight excluding hydrogens is 268 g/mol. The summed E-state index contributed by atoms with van der Waals surface area (Å²) in [5.74, 6) is -2.06. The maximum atomic E-state index is 11.9. The lowest BCUT2D eigenvalue weighted by Crippen LogP contribution is -2.51. The Morgan fingerprint density at radius 1 is 1.35 bits per heavy atom. The van der Waals surface area contributed by atoms with Gasteiger partial charge in [0.25, 0.3) is 0 Å². The van der Waals surface area contributed by atoms with Crippen molar-refractivity contribution < 1.29 is 29.3 Å². The lowest BCUT2D eigenvalue weighted by Gasteiger charge is -2.29. The van der Waals surface area contributed by atoms with Crippen LogP contribution in [0.1, 0.15) is 27.2 Å². The van der Waals surface area contributed by atoms with Gasteiger partial charge < -0.3 is 25.2 Å². The number of carboxylic acids is 1. The number of methoxy groups -OCH3 is 1. The summed E-state index contributed by atoms with van der Waals surface area (Å²) in [7, 11) is 1.13. The lowest BCUT2D eigenvalue weighted by atomic mass is 10.1. The second-order valence-electron chi connectivity index (χ2n) is 4.95. The molecule has 1 atom stereocenters. The molecule has 0 bridgehead atoms. The van der Waals surface area contributed by atoms with Gasteiger partial charge in [0.05, 0.1) is 25.7 Å². The van der Waals surface area contributed by atoms with Crippen molar-refractivity contribution in [3.05, 3.63) is 0 Å². The molecule has 0 aromatic carbocycles. The van der Waals surface area contributed by atoms with Gasteiger partial charge in [-0.1, -0.05) is 0 Å². The Morgan fingerprint density at radius 2 is 1.90 bits per heavy atom. The van der Waals surface area contributed by atoms with Crippen LogP contribution in [0.4, 0.5) is 4.79 Å². The van der Waals surface area contributed by atoms with Crippen LogP contribution in [0.15, 0.2) is 0 Å². The van der Waals surface area contributed by atoms with Crippen LogP contribution in [0.25, 0.3) is 0 Å². The highest BCUT2D eigenvalue weighted by Gasteiger charge is 2.27. The first-order chi connectivity index (χ1) is 9.10. The lowest BCUT2D eigenvalue weighted by molar-refractivity contribution is -0.147. The van der Waals surface area contributed by atoms with E-state index in [2.05, 4.69) is 10.1 Å². The van der Waals surface area contributed by atoms with Crippen molar-refractivity contribution in [1.29, 1.82) is 0 Å². The van der Waals surface area contributed by atoms with Crippen LogP contribution in [-0.2, 0) is 14.3 Å². The fourth-order valence-electron chi connectivity index (χ4n) is 1.48. The third-order valence-corrected chi connectivity index (χ3v) is 2.44. The molecule has 0 spiro atoms. The molecule has 0 aromatic heterocycles. The summed E-state index contributed by atoms with van der Waals surface area (Å²) in [5.41, 5.74) is -1.10. The Bertz CT molecular complexity index is 363. The highest BCUT2D eigenvalue weighted by atomic mass is 16.5. The van der Waals surface area contributed by atoms with Crippen molar-refractivity contribution in [3.63, 3.8) is 0 Å². The zero-order valence-corrected chi connectivity index (χ0v) is 12.2. The van der Waals surface area contributed by atoms with Crippen molar-refractivity contribution in [3.8, 4) is 0 Å². The zero-order valence-electron chi connectivity index (χ0n) is 12.2. The molecule has 2 amide bonds. The minimum Gasteiger partial charge on any atom is -0.480 e. The maximum absolute atomic E-state index is 11.9. The summed E-state index contributed by atoms with van der Waals surface area (Å²) >= 11 is 0. The molecular formula is C12H22N2O6. The number of urea groups is 1. The molecule has 8 nitrogen and oxygen atoms in total. The number of likely N-dealkylation sites (N-methyl/N-ethyl adjacent to an activating group) is 1. The number of nitrogens with one attached hydrogen (secondary N) is 1. The summed E-state index contributed by atoms with van der Waals surface area (Å²) in [4.78, 5) is 35.3. The Morgan fingerprint density at radius 3 is 2.25 bits per heavy atom. The predicted octanol–water partition coefficient (Wildman–Crippen LogP) is -0.195. The van der Waals surface area contributed by atoms with E-state index >= 15 is 0 Å². The smallest absolute Gasteiger partial charge is 0.326 e. The third-order valence-electron chi connectivity index (χ3n) is 2.44. The van der Waals surface area contributed by atoms with E-state index in [4.69, 9.17) is 5.11 Å². The van der Waals surface area contributed by atoms with E-state index in [1.807, 2.05) is 0 Å². The SMILES string of the molecule is CCN(CC(C)(C)O)C(=O)N[C@@H](CC(=O)OC)C(=O)O. The van der Waals surface area contributed by atoms with Gasteiger partial charge in [-0.25, -0.2) is 9.59 Å². The first-order valence-corrected chi connectivity index (χ1v) is 6.18. The number of esters is 1. The van der Waals surface area contributed by atoms with Crippen molar-refractivity contribution >= 4 is 18.0 Å². The van der Waals surface area contributed by atoms with Crippen LogP contribution in [-0.4, -0.2) is 64.9 Å². The molecule has 0 heterocycles. The van der Waals surface area contributed by atoms with Gasteiger partial charge in [-0.2, -0.15) is 0 Å². The summed E-state index contributed by atoms with van der Waals surface area (Å²) in [6.45, 7) is 5.10. The molecule has 0 unspecified atom stereocenters. The molecule has 116 valence electrons. The number of carboxylic acid groups (broad SMARTS) is 1. The van der Waals surface area contributed by atoms with E-state index in [0.29, 0.717) is 6.54 Å². The highest BCUT2D eigenvalue weighted by molar-refractivity contribution is 5.86. The number of carbonyl (C=O) groups excluding carboxylic acids is 2. The van der Waals surface area contributed by atoms with Gasteiger partial charge in [0, 0.05) is 6.54 Å². The molecule has 0 aliphatic carbocycles. The van der Waals surface area contributed by atoms with Gasteiger partial charge in [0.15, 0.2) is 0 Å². The van der Waals surface area contributed by atoms with Crippen LogP contribution in [0.2, 0.25) is 0 Å². The second-order valence-corrected chi connectivity index (χ2v) is 4.95. The maximum Gasteiger partial charge on any atom is 0.326 e. The summed E-state index contributed by atoms with van der Waals surface area (Å²) in [5, 5.41) is 20.9. The molecule has 0 saturated heterocycles. The second kappa shape index (κ2) is 7.68. The monoisotopic (exact) mass is 290 g/mol. The molecule has 0 rings (SSSR count). The van der Waals surface area contributed by atoms with E-state index in [1.54, 1.807) is 6.92 Å². The normalized spacial score (nSPS) is 12.4. The molecule has 20 heavy (non-hydrogen) atoms. The number of aliphatic carboxylic acids is 1. The van der Waals surface area contributed by atoms with Crippen molar-refractivity contribution in [2.24, 2.45) is 0 Å². The molecule has 0 aromatic rings. The zero-order chi connectivity index (χ0) is 15.9. The van der Waals surface area contributed by atoms with Gasteiger partial charge >= 0.3 is 18.0 Å². The number of amides is 2. The molecule has 0 radical (unpaired) electrons. The van der Waals surface area contributed by atoms with Gasteiger partial charge in [-0.3, -0.25) is 4.79 Å². The van der Waals surface area contributed by atoms with E-state index in [9.17, 15) is 19.5 Å². The van der Waals surface area contributed by atoms with E-state index < -0.39 is 36.0 Å². The molecule has 0 saturated carbocycles. The Kier molecular flexibility index (Phi) is 6.98. The van der Waals surface area contributed by atoms with Gasteiger partial charge in [0.1, 0.15) is 6.04 Å². The molecule has 0 aliphatic heterocycles. The number of hydrogen-bond donors (Lipinski definition) is 3. The third kappa shape index (κ3) is 6.93. The first kappa shape index (κ1) is 18.2. The summed E-state index contributed by atoms with van der Waals surface area (Å²) in [6, 6.07) is -2.03. The minimum atomic E-state index is -1.37. The number of carbonyl (C=O) groups is 3. The highest BCUT2D eigenvalue weighted by Crippen LogP contribution is 2.06. The number of rotatable bonds is 7. The Balaban J connectivity index is 4.72. The Hall–Kier alpha value is -1.83. The van der Waals surface area contributed by atoms with Gasteiger partial charge in [0.2, 0.25) is 0 Å². The number of ether oxygens (including phenoxy) is 1. The van der Waals surface area contributed by atoms with Crippen LogP contribution < -0.4 is 5.32 Å². The van der Waals surface area contributed by atoms with E-state index in [-0.39, 0.29) is 6.54 Å². The topological polar surface area (TPSA) is 116 Å². The fraction of sp³-hybridized carbons (Fsp3) is 0.750. The van der Waals surface area contributed by atoms with Gasteiger partial charge in [-0.05, 0) is 20.8 Å². The minimum absolute atomic E-state index is 0.0416. The van der Waals surface area contributed by atoms with Crippen LogP contribution in [0.5, 0.6) is 0 Å². The standard InChI is InChI=1S/C12H22N2O6/c1-5-14(7-12(2,3)19)11(18)13-8(10(16)17)6-9(15)20-4/h8,19H,5-7H2,1-4H3,(H,13,18)(H,16,17)/t8-/m0/s1. The molecule has 0 fully saturated rings. The predicted molar refractivity (Wildman–Crippen MR) is 70.1 cm³/mol. The number of nitrogens with zero attached hydrogens (tertiary/aromatic N) is 1.